The molecule has 2 aromatic heterocycles. The Balaban J connectivity index is 0.00000654. The molecule has 7 aromatic rings. The van der Waals surface area contributed by atoms with Gasteiger partial charge in [-0.3, -0.25) is 76.7 Å². The van der Waals surface area contributed by atoms with Crippen molar-refractivity contribution in [1.82, 2.24) is 78.3 Å². The molecular weight excluding hydrogens is 1770 g/mol. The van der Waals surface area contributed by atoms with Crippen molar-refractivity contribution in [3.63, 3.8) is 0 Å². The Morgan fingerprint density at radius 1 is 0.549 bits per heavy atom. The number of thioether (sulfide) groups is 3. The van der Waals surface area contributed by atoms with Crippen LogP contribution in [0.3, 0.4) is 0 Å². The zero-order valence-corrected chi connectivity index (χ0v) is 77.5. The molecule has 0 aliphatic carbocycles. The Labute approximate surface area is 780 Å². The first-order valence-electron chi connectivity index (χ1n) is 43.6. The van der Waals surface area contributed by atoms with Crippen LogP contribution in [-0.4, -0.2) is 254 Å². The summed E-state index contributed by atoms with van der Waals surface area (Å²) >= 11 is 3.82. The Kier molecular flexibility index (Phi) is 39.1. The molecule has 41 heteroatoms. The molecule has 9 heterocycles. The number of carboxylic acids is 1. The SMILES string of the molecule is CC[C@@H]1NC(=O)[C@H]([C@@H](C)O)NC(=O)[C@@H](CC(=O)[C@H](C)NC(=O)CN(C)C(=O)CCN)CSCc2ccc(cc2)N2c3ccc(cc3)CSC[C@@H](C(N)=O)NC(=O)[C@@H]3CCCN3C(=O)[C@H](C(C)C)NC(=O)[C@H](Cc3c[nH]c4ccccc34)NC(=O)CNC(=O)[C@H](CC(=O)O)NC(=O)[C@H](C(C)C)NC(=O)[C@H](Cc3c[nH]c4ccccc34)NC(=O)[C@H](CSCc3ccc2cc3)NC1=O.O=C=O. The summed E-state index contributed by atoms with van der Waals surface area (Å²) in [5.41, 5.74) is 18.5. The van der Waals surface area contributed by atoms with E-state index in [-0.39, 0.29) is 74.4 Å². The van der Waals surface area contributed by atoms with E-state index < -0.39 is 211 Å². The second-order valence-corrected chi connectivity index (χ2v) is 36.6. The van der Waals surface area contributed by atoms with Gasteiger partial charge in [0, 0.05) is 132 Å². The number of para-hydroxylation sites is 2. The maximum Gasteiger partial charge on any atom is 0.373 e. The van der Waals surface area contributed by atoms with Gasteiger partial charge in [0.1, 0.15) is 60.4 Å². The first-order valence-corrected chi connectivity index (χ1v) is 47.1. The Morgan fingerprint density at radius 3 is 1.54 bits per heavy atom. The van der Waals surface area contributed by atoms with E-state index in [1.807, 2.05) is 77.7 Å². The fourth-order valence-electron chi connectivity index (χ4n) is 15.4. The number of likely N-dealkylation sites (N-methyl/N-ethyl adjacent to an activating group) is 1. The highest BCUT2D eigenvalue weighted by Gasteiger charge is 2.43. The number of ketones is 1. The van der Waals surface area contributed by atoms with Gasteiger partial charge in [-0.1, -0.05) is 107 Å². The number of carbonyl (C=O) groups is 16. The molecule has 0 saturated carbocycles. The van der Waals surface area contributed by atoms with Crippen molar-refractivity contribution in [3.8, 4) is 0 Å². The number of aromatic amines is 2. The Hall–Kier alpha value is -13.0. The lowest BCUT2D eigenvalue weighted by Gasteiger charge is -2.32. The van der Waals surface area contributed by atoms with E-state index in [1.165, 1.54) is 61.1 Å². The number of amides is 14. The van der Waals surface area contributed by atoms with Crippen LogP contribution in [0.2, 0.25) is 0 Å². The molecule has 7 aliphatic rings. The number of hydrogen-bond acceptors (Lipinski definition) is 24. The number of aliphatic hydroxyl groups excluding tert-OH is 1. The largest absolute Gasteiger partial charge is 0.481 e. The number of anilines is 3. The molecule has 0 unspecified atom stereocenters. The summed E-state index contributed by atoms with van der Waals surface area (Å²) in [6, 6.07) is 21.0. The quantitative estimate of drug-likeness (QED) is 0.0551. The minimum Gasteiger partial charge on any atom is -0.481 e. The summed E-state index contributed by atoms with van der Waals surface area (Å²) in [6.45, 7) is 9.55. The van der Waals surface area contributed by atoms with Gasteiger partial charge >= 0.3 is 12.1 Å². The fraction of sp³-hybridized carbons (Fsp3) is 0.446. The molecule has 1 fully saturated rings. The van der Waals surface area contributed by atoms with E-state index in [9.17, 15) is 77.3 Å². The number of fused-ring (bicyclic) bond motifs is 4. The number of rotatable bonds is 19. The van der Waals surface area contributed by atoms with Gasteiger partial charge in [0.15, 0.2) is 5.78 Å². The number of carbonyl (C=O) groups excluding carboxylic acids is 17. The summed E-state index contributed by atoms with van der Waals surface area (Å²) in [6.07, 6.45) is 0.370. The summed E-state index contributed by atoms with van der Waals surface area (Å²) in [5, 5.41) is 52.1. The van der Waals surface area contributed by atoms with Crippen LogP contribution in [0.4, 0.5) is 17.1 Å². The number of aromatic nitrogens is 2. The van der Waals surface area contributed by atoms with E-state index in [0.717, 1.165) is 21.6 Å². The number of H-pyrrole nitrogens is 2. The molecule has 712 valence electrons. The molecular formula is C92H116N18O20S3. The van der Waals surface area contributed by atoms with E-state index >= 15 is 9.59 Å². The van der Waals surface area contributed by atoms with Crippen LogP contribution >= 0.6 is 35.3 Å². The van der Waals surface area contributed by atoms with Crippen molar-refractivity contribution < 1.29 is 96.5 Å². The van der Waals surface area contributed by atoms with Gasteiger partial charge in [-0.15, -0.1) is 0 Å². The van der Waals surface area contributed by atoms with Gasteiger partial charge in [-0.2, -0.15) is 44.9 Å². The highest BCUT2D eigenvalue weighted by Crippen LogP contribution is 2.37. The predicted octanol–water partition coefficient (Wildman–Crippen LogP) is 2.17. The molecule has 14 rings (SSSR count). The summed E-state index contributed by atoms with van der Waals surface area (Å²) in [7, 11) is 1.41. The van der Waals surface area contributed by atoms with E-state index in [1.54, 1.807) is 95.5 Å². The minimum absolute atomic E-state index is 0.0208. The first-order chi connectivity index (χ1) is 63.5. The molecule has 14 amide bonds. The van der Waals surface area contributed by atoms with Crippen molar-refractivity contribution in [2.45, 2.75) is 190 Å². The third kappa shape index (κ3) is 29.5. The number of nitrogens with zero attached hydrogens (tertiary/aromatic N) is 3. The second kappa shape index (κ2) is 50.1. The van der Waals surface area contributed by atoms with Gasteiger partial charge < -0.3 is 105 Å². The third-order valence-electron chi connectivity index (χ3n) is 22.8. The number of carboxylic acid groups (broad SMARTS) is 1. The van der Waals surface area contributed by atoms with Crippen LogP contribution in [0, 0.1) is 17.8 Å². The third-order valence-corrected chi connectivity index (χ3v) is 26.1. The molecule has 1 saturated heterocycles. The van der Waals surface area contributed by atoms with E-state index in [0.29, 0.717) is 67.9 Å². The van der Waals surface area contributed by atoms with Crippen molar-refractivity contribution >= 4 is 175 Å². The van der Waals surface area contributed by atoms with Crippen molar-refractivity contribution in [3.05, 3.63) is 162 Å². The van der Waals surface area contributed by atoms with Crippen LogP contribution in [0.25, 0.3) is 21.8 Å². The van der Waals surface area contributed by atoms with Crippen LogP contribution in [-0.2, 0) is 116 Å². The minimum atomic E-state index is -1.92. The highest BCUT2D eigenvalue weighted by molar-refractivity contribution is 7.99. The van der Waals surface area contributed by atoms with Crippen LogP contribution < -0.4 is 74.9 Å². The van der Waals surface area contributed by atoms with Gasteiger partial charge in [0.25, 0.3) is 0 Å². The number of nitrogens with one attached hydrogen (secondary N) is 13. The standard InChI is InChI=1S/C91H116N18O18S3.CO2/c1-9-64-84(120)103-71-48-130-45-55-24-30-61(31-25-55)109(59-26-20-53(21-27-59)43-128-46-58(82(118)106-80(52(7)110)90(126)99-64)37-73(111)51(6)97-75(113)42-107(8)76(114)32-33-92)60-28-22-54(23-29-60)44-129-47-70(81(93)117)102-88(124)72-19-14-34-108(72)91(127)79(50(4)5)105-85(121)67(35-56-39-94-65-17-12-10-15-62(56)65)98-74(112)41-96-83(119)69(38-77(115)116)101-89(125)78(49(2)3)104-86(122)68(100-87(71)123)36-57-40-95-66-18-13-11-16-63(57)66;2-1-3/h10-13,15-18,20-31,39-40,49-52,58,64,67-72,78-80,94-95,110H,9,14,19,32-38,41-48,92H2,1-8H3,(H2,93,117)(H,96,119)(H,97,113)(H,98,112)(H,99,126)(H,100,123)(H,101,125)(H,102,124)(H,103,120)(H,104,122)(H,105,121)(H,106,118)(H,115,116);/t51-,52+,58-,64-,67-,68-,69-,70-,71-,72-,78-,79-,80-;/m0./s1. The normalized spacial score (nSPS) is 22.4. The second-order valence-electron chi connectivity index (χ2n) is 33.5. The molecule has 5 aromatic carbocycles. The zero-order chi connectivity index (χ0) is 96.9. The van der Waals surface area contributed by atoms with E-state index in [4.69, 9.17) is 21.1 Å². The molecule has 8 bridgehead atoms. The van der Waals surface area contributed by atoms with Crippen molar-refractivity contribution in [2.24, 2.45) is 29.2 Å². The van der Waals surface area contributed by atoms with Gasteiger partial charge in [0.05, 0.1) is 37.6 Å². The topological polar surface area (TPSA) is 573 Å². The molecule has 7 aliphatic heterocycles. The number of benzene rings is 5. The number of Topliss-reactive ketones (excluding diaryl/α,β-unsaturated/α-hetero) is 1. The average molecular weight is 1890 g/mol. The van der Waals surface area contributed by atoms with Crippen LogP contribution in [0.5, 0.6) is 0 Å². The monoisotopic (exact) mass is 1890 g/mol. The predicted molar refractivity (Wildman–Crippen MR) is 499 cm³/mol. The fourth-order valence-corrected chi connectivity index (χ4v) is 18.5. The number of aliphatic carboxylic acids is 1. The lowest BCUT2D eigenvalue weighted by atomic mass is 9.98. The average Bonchev–Trinajstić information content (AvgIpc) is 1.72. The maximum absolute atomic E-state index is 15.5. The summed E-state index contributed by atoms with van der Waals surface area (Å²) < 4.78 is 0. The Bertz CT molecular complexity index is 5360. The number of nitrogens with two attached hydrogens (primary N) is 2. The Morgan fingerprint density at radius 2 is 1.03 bits per heavy atom. The summed E-state index contributed by atoms with van der Waals surface area (Å²) in [5.74, 6) is -16.0. The molecule has 13 atom stereocenters. The maximum atomic E-state index is 15.5. The van der Waals surface area contributed by atoms with Gasteiger partial charge in [0.2, 0.25) is 82.7 Å². The number of primary amides is 1. The molecule has 0 radical (unpaired) electrons. The molecule has 19 N–H and O–H groups in total. The lowest BCUT2D eigenvalue weighted by molar-refractivity contribution is -0.192. The molecule has 38 nitrogen and oxygen atoms in total. The lowest BCUT2D eigenvalue weighted by Crippen LogP contribution is -2.61. The zero-order valence-electron chi connectivity index (χ0n) is 75.1. The molecule has 133 heavy (non-hydrogen) atoms. The number of aliphatic hydroxyl groups is 1. The first kappa shape index (κ1) is 104. The van der Waals surface area contributed by atoms with Crippen LogP contribution in [0.1, 0.15) is 115 Å². The molecule has 0 spiro atoms. The van der Waals surface area contributed by atoms with Gasteiger partial charge in [-0.25, -0.2) is 0 Å². The van der Waals surface area contributed by atoms with Crippen molar-refractivity contribution in [1.29, 1.82) is 0 Å². The number of hydrogen-bond donors (Lipinski definition) is 17. The van der Waals surface area contributed by atoms with E-state index in [2.05, 4.69) is 68.5 Å². The smallest absolute Gasteiger partial charge is 0.373 e. The highest BCUT2D eigenvalue weighted by atomic mass is 32.2. The van der Waals surface area contributed by atoms with Gasteiger partial charge in [-0.05, 0) is 121 Å². The van der Waals surface area contributed by atoms with Crippen LogP contribution in [0.15, 0.2) is 134 Å². The van der Waals surface area contributed by atoms with Crippen molar-refractivity contribution in [2.75, 3.05) is 55.4 Å². The summed E-state index contributed by atoms with van der Waals surface area (Å²) in [4.78, 5) is 256.